The van der Waals surface area contributed by atoms with Crippen molar-refractivity contribution in [3.05, 3.63) is 28.2 Å². The topological polar surface area (TPSA) is 38.5 Å². The Morgan fingerprint density at radius 2 is 2.10 bits per heavy atom. The molecule has 0 spiro atoms. The van der Waals surface area contributed by atoms with Crippen molar-refractivity contribution in [1.29, 1.82) is 0 Å². The van der Waals surface area contributed by atoms with Gasteiger partial charge in [0, 0.05) is 43.0 Å². The van der Waals surface area contributed by atoms with Gasteiger partial charge in [0.25, 0.3) is 0 Å². The number of rotatable bonds is 6. The van der Waals surface area contributed by atoms with Crippen molar-refractivity contribution in [3.8, 4) is 0 Å². The summed E-state index contributed by atoms with van der Waals surface area (Å²) in [6.45, 7) is 5.05. The minimum atomic E-state index is 0.237. The molecule has 1 aromatic carbocycles. The first-order valence-electron chi connectivity index (χ1n) is 7.93. The summed E-state index contributed by atoms with van der Waals surface area (Å²) >= 11 is 3.60. The van der Waals surface area contributed by atoms with Crippen molar-refractivity contribution in [2.24, 2.45) is 11.7 Å². The largest absolute Gasteiger partial charge is 0.381 e. The van der Waals surface area contributed by atoms with Gasteiger partial charge in [-0.1, -0.05) is 28.9 Å². The molecule has 3 nitrogen and oxygen atoms in total. The Kier molecular flexibility index (Phi) is 6.52. The molecule has 2 N–H and O–H groups in total. The summed E-state index contributed by atoms with van der Waals surface area (Å²) < 4.78 is 6.58. The van der Waals surface area contributed by atoms with Crippen LogP contribution >= 0.6 is 15.9 Å². The molecule has 1 aromatic rings. The maximum Gasteiger partial charge on any atom is 0.0469 e. The van der Waals surface area contributed by atoms with E-state index in [-0.39, 0.29) is 6.04 Å². The van der Waals surface area contributed by atoms with E-state index in [1.165, 1.54) is 24.1 Å². The second-order valence-electron chi connectivity index (χ2n) is 6.08. The van der Waals surface area contributed by atoms with E-state index in [0.717, 1.165) is 43.0 Å². The van der Waals surface area contributed by atoms with Gasteiger partial charge in [-0.3, -0.25) is 0 Å². The lowest BCUT2D eigenvalue weighted by Crippen LogP contribution is -2.31. The quantitative estimate of drug-likeness (QED) is 0.848. The van der Waals surface area contributed by atoms with E-state index in [1.54, 1.807) is 0 Å². The van der Waals surface area contributed by atoms with E-state index < -0.39 is 0 Å². The third kappa shape index (κ3) is 4.97. The van der Waals surface area contributed by atoms with E-state index in [9.17, 15) is 0 Å². The Morgan fingerprint density at radius 1 is 1.38 bits per heavy atom. The fraction of sp³-hybridized carbons (Fsp3) is 0.647. The lowest BCUT2D eigenvalue weighted by molar-refractivity contribution is 0.0685. The zero-order valence-corrected chi connectivity index (χ0v) is 14.7. The maximum absolute atomic E-state index is 6.15. The molecule has 21 heavy (non-hydrogen) atoms. The van der Waals surface area contributed by atoms with E-state index in [1.807, 2.05) is 0 Å². The lowest BCUT2D eigenvalue weighted by Gasteiger charge is -2.30. The summed E-state index contributed by atoms with van der Waals surface area (Å²) in [5.74, 6) is 0.732. The van der Waals surface area contributed by atoms with Gasteiger partial charge in [0.05, 0.1) is 0 Å². The highest BCUT2D eigenvalue weighted by molar-refractivity contribution is 9.10. The van der Waals surface area contributed by atoms with Crippen molar-refractivity contribution in [1.82, 2.24) is 0 Å². The second-order valence-corrected chi connectivity index (χ2v) is 7.00. The van der Waals surface area contributed by atoms with Gasteiger partial charge < -0.3 is 15.4 Å². The van der Waals surface area contributed by atoms with Crippen LogP contribution in [0.3, 0.4) is 0 Å². The van der Waals surface area contributed by atoms with Crippen LogP contribution < -0.4 is 10.6 Å². The molecule has 0 amide bonds. The smallest absolute Gasteiger partial charge is 0.0469 e. The molecule has 1 aliphatic heterocycles. The molecule has 4 heteroatoms. The van der Waals surface area contributed by atoms with Crippen molar-refractivity contribution < 1.29 is 4.74 Å². The van der Waals surface area contributed by atoms with Gasteiger partial charge in [-0.2, -0.15) is 0 Å². The van der Waals surface area contributed by atoms with Gasteiger partial charge in [-0.25, -0.2) is 0 Å². The molecule has 1 unspecified atom stereocenters. The van der Waals surface area contributed by atoms with E-state index >= 15 is 0 Å². The molecule has 2 rings (SSSR count). The van der Waals surface area contributed by atoms with Crippen molar-refractivity contribution in [2.75, 3.05) is 31.7 Å². The Hall–Kier alpha value is -0.580. The molecule has 0 aromatic heterocycles. The SMILES string of the molecule is CCC(N)Cc1ccc(Br)cc1N(C)CC1CCOCC1. The number of nitrogens with two attached hydrogens (primary N) is 1. The molecule has 0 saturated carbocycles. The molecule has 1 fully saturated rings. The monoisotopic (exact) mass is 354 g/mol. The highest BCUT2D eigenvalue weighted by atomic mass is 79.9. The van der Waals surface area contributed by atoms with Crippen LogP contribution in [0.2, 0.25) is 0 Å². The molecule has 0 bridgehead atoms. The Labute approximate surface area is 137 Å². The van der Waals surface area contributed by atoms with Crippen LogP contribution in [0.4, 0.5) is 5.69 Å². The first-order chi connectivity index (χ1) is 10.1. The minimum absolute atomic E-state index is 0.237. The summed E-state index contributed by atoms with van der Waals surface area (Å²) in [5, 5.41) is 0. The Morgan fingerprint density at radius 3 is 2.76 bits per heavy atom. The summed E-state index contributed by atoms with van der Waals surface area (Å²) in [7, 11) is 2.19. The maximum atomic E-state index is 6.15. The zero-order chi connectivity index (χ0) is 15.2. The number of nitrogens with zero attached hydrogens (tertiary/aromatic N) is 1. The molecule has 1 aliphatic rings. The average Bonchev–Trinajstić information content (AvgIpc) is 2.49. The number of hydrogen-bond donors (Lipinski definition) is 1. The first-order valence-corrected chi connectivity index (χ1v) is 8.72. The van der Waals surface area contributed by atoms with E-state index in [2.05, 4.69) is 53.0 Å². The third-order valence-electron chi connectivity index (χ3n) is 4.34. The average molecular weight is 355 g/mol. The summed E-state index contributed by atoms with van der Waals surface area (Å²) in [4.78, 5) is 2.39. The summed E-state index contributed by atoms with van der Waals surface area (Å²) in [6.07, 6.45) is 4.29. The van der Waals surface area contributed by atoms with Crippen molar-refractivity contribution >= 4 is 21.6 Å². The second kappa shape index (κ2) is 8.16. The minimum Gasteiger partial charge on any atom is -0.381 e. The third-order valence-corrected chi connectivity index (χ3v) is 4.83. The fourth-order valence-corrected chi connectivity index (χ4v) is 3.26. The van der Waals surface area contributed by atoms with Crippen LogP contribution in [0.25, 0.3) is 0 Å². The van der Waals surface area contributed by atoms with Crippen molar-refractivity contribution in [3.63, 3.8) is 0 Å². The van der Waals surface area contributed by atoms with Gasteiger partial charge in [0.2, 0.25) is 0 Å². The van der Waals surface area contributed by atoms with Crippen LogP contribution in [0.15, 0.2) is 22.7 Å². The fourth-order valence-electron chi connectivity index (χ4n) is 2.91. The van der Waals surface area contributed by atoms with Crippen LogP contribution in [-0.2, 0) is 11.2 Å². The number of anilines is 1. The lowest BCUT2D eigenvalue weighted by atomic mass is 9.98. The standard InChI is InChI=1S/C17H27BrN2O/c1-3-16(19)10-14-4-5-15(18)11-17(14)20(2)12-13-6-8-21-9-7-13/h4-5,11,13,16H,3,6-10,12,19H2,1-2H3. The number of hydrogen-bond acceptors (Lipinski definition) is 3. The van der Waals surface area contributed by atoms with Gasteiger partial charge in [-0.05, 0) is 49.3 Å². The highest BCUT2D eigenvalue weighted by Crippen LogP contribution is 2.27. The van der Waals surface area contributed by atoms with E-state index in [4.69, 9.17) is 10.5 Å². The molecule has 118 valence electrons. The van der Waals surface area contributed by atoms with Gasteiger partial charge in [-0.15, -0.1) is 0 Å². The van der Waals surface area contributed by atoms with Crippen molar-refractivity contribution in [2.45, 2.75) is 38.6 Å². The molecule has 1 saturated heterocycles. The van der Waals surface area contributed by atoms with Crippen LogP contribution in [-0.4, -0.2) is 32.8 Å². The molecule has 0 aliphatic carbocycles. The number of benzene rings is 1. The zero-order valence-electron chi connectivity index (χ0n) is 13.1. The molecular formula is C17H27BrN2O. The summed E-state index contributed by atoms with van der Waals surface area (Å²) in [6, 6.07) is 6.78. The van der Waals surface area contributed by atoms with Crippen LogP contribution in [0.1, 0.15) is 31.7 Å². The molecular weight excluding hydrogens is 328 g/mol. The predicted octanol–water partition coefficient (Wildman–Crippen LogP) is 3.59. The van der Waals surface area contributed by atoms with Gasteiger partial charge in [0.15, 0.2) is 0 Å². The first kappa shape index (κ1) is 16.8. The predicted molar refractivity (Wildman–Crippen MR) is 92.9 cm³/mol. The Bertz CT molecular complexity index is 446. The molecule has 0 radical (unpaired) electrons. The van der Waals surface area contributed by atoms with Gasteiger partial charge >= 0.3 is 0 Å². The number of ether oxygens (including phenoxy) is 1. The van der Waals surface area contributed by atoms with Crippen LogP contribution in [0.5, 0.6) is 0 Å². The van der Waals surface area contributed by atoms with Gasteiger partial charge in [0.1, 0.15) is 0 Å². The number of halogens is 1. The van der Waals surface area contributed by atoms with E-state index in [0.29, 0.717) is 0 Å². The highest BCUT2D eigenvalue weighted by Gasteiger charge is 2.18. The molecule has 1 atom stereocenters. The molecule has 1 heterocycles. The van der Waals surface area contributed by atoms with Crippen LogP contribution in [0, 0.1) is 5.92 Å². The summed E-state index contributed by atoms with van der Waals surface area (Å²) in [5.41, 5.74) is 8.80. The Balaban J connectivity index is 2.09. The normalized spacial score (nSPS) is 17.7.